The zero-order valence-corrected chi connectivity index (χ0v) is 6.45. The number of rotatable bonds is 5. The normalized spacial score (nSPS) is 12.2. The fourth-order valence-corrected chi connectivity index (χ4v) is 0.362. The van der Waals surface area contributed by atoms with E-state index in [2.05, 4.69) is 16.4 Å². The maximum atomic E-state index is 10.6. The second-order valence-corrected chi connectivity index (χ2v) is 1.90. The molecule has 1 atom stereocenters. The van der Waals surface area contributed by atoms with E-state index in [4.69, 9.17) is 5.11 Å². The lowest BCUT2D eigenvalue weighted by Crippen LogP contribution is -2.22. The Balaban J connectivity index is 3.43. The van der Waals surface area contributed by atoms with E-state index in [0.29, 0.717) is 6.42 Å². The van der Waals surface area contributed by atoms with Crippen molar-refractivity contribution >= 4 is 5.97 Å². The molecule has 0 radical (unpaired) electrons. The SMILES string of the molecule is C=CCOOC(=O)C(O)CC. The summed E-state index contributed by atoms with van der Waals surface area (Å²) in [5.74, 6) is -0.769. The smallest absolute Gasteiger partial charge is 0.370 e. The third-order valence-electron chi connectivity index (χ3n) is 0.986. The van der Waals surface area contributed by atoms with Gasteiger partial charge in [0.15, 0.2) is 6.10 Å². The lowest BCUT2D eigenvalue weighted by Gasteiger charge is -2.04. The Kier molecular flexibility index (Phi) is 5.42. The van der Waals surface area contributed by atoms with Gasteiger partial charge >= 0.3 is 5.97 Å². The standard InChI is InChI=1S/C7H12O4/c1-3-5-10-11-7(9)6(8)4-2/h3,6,8H,1,4-5H2,2H3. The molecule has 1 N–H and O–H groups in total. The molecule has 64 valence electrons. The summed E-state index contributed by atoms with van der Waals surface area (Å²) >= 11 is 0. The fraction of sp³-hybridized carbons (Fsp3) is 0.571. The summed E-state index contributed by atoms with van der Waals surface area (Å²) in [7, 11) is 0. The number of aliphatic hydroxyl groups excluding tert-OH is 1. The van der Waals surface area contributed by atoms with Crippen molar-refractivity contribution in [3.05, 3.63) is 12.7 Å². The Morgan fingerprint density at radius 3 is 2.91 bits per heavy atom. The highest BCUT2D eigenvalue weighted by Gasteiger charge is 2.14. The summed E-state index contributed by atoms with van der Waals surface area (Å²) < 4.78 is 0. The molecule has 1 unspecified atom stereocenters. The lowest BCUT2D eigenvalue weighted by molar-refractivity contribution is -0.272. The predicted molar refractivity (Wildman–Crippen MR) is 38.5 cm³/mol. The molecule has 0 aromatic carbocycles. The van der Waals surface area contributed by atoms with Crippen LogP contribution in [0.1, 0.15) is 13.3 Å². The van der Waals surface area contributed by atoms with Gasteiger partial charge in [0.25, 0.3) is 0 Å². The number of carbonyl (C=O) groups is 1. The van der Waals surface area contributed by atoms with Crippen molar-refractivity contribution in [3.63, 3.8) is 0 Å². The summed E-state index contributed by atoms with van der Waals surface area (Å²) in [6.07, 6.45) is 0.654. The summed E-state index contributed by atoms with van der Waals surface area (Å²) in [5, 5.41) is 8.85. The topological polar surface area (TPSA) is 55.8 Å². The number of hydrogen-bond acceptors (Lipinski definition) is 4. The van der Waals surface area contributed by atoms with Gasteiger partial charge in [0, 0.05) is 0 Å². The third-order valence-corrected chi connectivity index (χ3v) is 0.986. The summed E-state index contributed by atoms with van der Waals surface area (Å²) in [6, 6.07) is 0. The zero-order chi connectivity index (χ0) is 8.69. The molecule has 0 aromatic rings. The molecule has 4 heteroatoms. The van der Waals surface area contributed by atoms with Gasteiger partial charge in [-0.15, -0.1) is 6.58 Å². The molecule has 0 spiro atoms. The average Bonchev–Trinajstić information content (AvgIpc) is 2.03. The van der Waals surface area contributed by atoms with Crippen molar-refractivity contribution in [1.82, 2.24) is 0 Å². The highest BCUT2D eigenvalue weighted by Crippen LogP contribution is 1.93. The first-order valence-corrected chi connectivity index (χ1v) is 3.34. The first-order chi connectivity index (χ1) is 5.22. The molecule has 0 aliphatic rings. The van der Waals surface area contributed by atoms with Crippen LogP contribution in [0.2, 0.25) is 0 Å². The highest BCUT2D eigenvalue weighted by molar-refractivity contribution is 5.73. The van der Waals surface area contributed by atoms with Crippen LogP contribution < -0.4 is 0 Å². The maximum Gasteiger partial charge on any atom is 0.370 e. The van der Waals surface area contributed by atoms with Crippen LogP contribution in [0.4, 0.5) is 0 Å². The van der Waals surface area contributed by atoms with Gasteiger partial charge in [-0.1, -0.05) is 13.0 Å². The molecule has 0 saturated carbocycles. The molecule has 4 nitrogen and oxygen atoms in total. The van der Waals surface area contributed by atoms with E-state index in [0.717, 1.165) is 0 Å². The van der Waals surface area contributed by atoms with E-state index in [1.54, 1.807) is 6.92 Å². The first kappa shape index (κ1) is 10.1. The molecule has 0 heterocycles. The van der Waals surface area contributed by atoms with Gasteiger partial charge in [-0.05, 0) is 6.42 Å². The Bertz CT molecular complexity index is 132. The molecule has 0 fully saturated rings. The van der Waals surface area contributed by atoms with Crippen LogP contribution in [-0.4, -0.2) is 23.8 Å². The fourth-order valence-electron chi connectivity index (χ4n) is 0.362. The van der Waals surface area contributed by atoms with Crippen LogP contribution in [-0.2, 0) is 14.6 Å². The molecular formula is C7H12O4. The summed E-state index contributed by atoms with van der Waals surface area (Å²) in [4.78, 5) is 19.1. The van der Waals surface area contributed by atoms with Crippen LogP contribution in [0.5, 0.6) is 0 Å². The molecule has 0 aliphatic carbocycles. The molecular weight excluding hydrogens is 148 g/mol. The minimum absolute atomic E-state index is 0.127. The van der Waals surface area contributed by atoms with Crippen LogP contribution in [0.15, 0.2) is 12.7 Å². The van der Waals surface area contributed by atoms with E-state index < -0.39 is 12.1 Å². The van der Waals surface area contributed by atoms with Crippen LogP contribution in [0.3, 0.4) is 0 Å². The Labute approximate surface area is 65.4 Å². The van der Waals surface area contributed by atoms with Crippen molar-refractivity contribution in [2.75, 3.05) is 6.61 Å². The van der Waals surface area contributed by atoms with Crippen molar-refractivity contribution < 1.29 is 19.7 Å². The molecule has 0 bridgehead atoms. The van der Waals surface area contributed by atoms with Gasteiger partial charge < -0.3 is 5.11 Å². The van der Waals surface area contributed by atoms with Crippen LogP contribution >= 0.6 is 0 Å². The molecule has 0 amide bonds. The first-order valence-electron chi connectivity index (χ1n) is 3.34. The van der Waals surface area contributed by atoms with Gasteiger partial charge in [0.1, 0.15) is 6.61 Å². The average molecular weight is 160 g/mol. The summed E-state index contributed by atoms with van der Waals surface area (Å²) in [5.41, 5.74) is 0. The monoisotopic (exact) mass is 160 g/mol. The number of aliphatic hydroxyl groups is 1. The third kappa shape index (κ3) is 4.52. The quantitative estimate of drug-likeness (QED) is 0.274. The largest absolute Gasteiger partial charge is 0.381 e. The van der Waals surface area contributed by atoms with Gasteiger partial charge in [-0.3, -0.25) is 4.89 Å². The number of hydrogen-bond donors (Lipinski definition) is 1. The van der Waals surface area contributed by atoms with E-state index in [1.807, 2.05) is 0 Å². The summed E-state index contributed by atoms with van der Waals surface area (Å²) in [6.45, 7) is 5.14. The highest BCUT2D eigenvalue weighted by atomic mass is 17.2. The Morgan fingerprint density at radius 1 is 1.82 bits per heavy atom. The van der Waals surface area contributed by atoms with E-state index in [-0.39, 0.29) is 6.61 Å². The lowest BCUT2D eigenvalue weighted by atomic mass is 10.3. The van der Waals surface area contributed by atoms with E-state index in [9.17, 15) is 4.79 Å². The van der Waals surface area contributed by atoms with Gasteiger partial charge in [0.05, 0.1) is 0 Å². The second kappa shape index (κ2) is 5.88. The second-order valence-electron chi connectivity index (χ2n) is 1.90. The molecule has 0 rings (SSSR count). The van der Waals surface area contributed by atoms with Gasteiger partial charge in [0.2, 0.25) is 0 Å². The van der Waals surface area contributed by atoms with Crippen molar-refractivity contribution in [2.45, 2.75) is 19.4 Å². The predicted octanol–water partition coefficient (Wildman–Crippen LogP) is 0.418. The number of carbonyl (C=O) groups excluding carboxylic acids is 1. The van der Waals surface area contributed by atoms with Crippen molar-refractivity contribution in [2.24, 2.45) is 0 Å². The molecule has 0 aromatic heterocycles. The van der Waals surface area contributed by atoms with Crippen LogP contribution in [0.25, 0.3) is 0 Å². The van der Waals surface area contributed by atoms with Crippen molar-refractivity contribution in [1.29, 1.82) is 0 Å². The zero-order valence-electron chi connectivity index (χ0n) is 6.45. The van der Waals surface area contributed by atoms with Crippen molar-refractivity contribution in [3.8, 4) is 0 Å². The molecule has 0 aliphatic heterocycles. The minimum atomic E-state index is -1.10. The van der Waals surface area contributed by atoms with Gasteiger partial charge in [-0.25, -0.2) is 4.79 Å². The molecule has 0 saturated heterocycles. The molecule has 11 heavy (non-hydrogen) atoms. The van der Waals surface area contributed by atoms with E-state index >= 15 is 0 Å². The van der Waals surface area contributed by atoms with Crippen LogP contribution in [0, 0.1) is 0 Å². The Hall–Kier alpha value is -0.870. The Morgan fingerprint density at radius 2 is 2.45 bits per heavy atom. The van der Waals surface area contributed by atoms with E-state index in [1.165, 1.54) is 6.08 Å². The van der Waals surface area contributed by atoms with Gasteiger partial charge in [-0.2, -0.15) is 4.89 Å². The maximum absolute atomic E-state index is 10.6. The minimum Gasteiger partial charge on any atom is -0.381 e.